The molecule has 1 fully saturated rings. The number of rotatable bonds is 4. The smallest absolute Gasteiger partial charge is 0.306 e. The topological polar surface area (TPSA) is 101 Å². The van der Waals surface area contributed by atoms with Crippen LogP contribution in [0.1, 0.15) is 29.8 Å². The lowest BCUT2D eigenvalue weighted by Gasteiger charge is -2.12. The lowest BCUT2D eigenvalue weighted by molar-refractivity contribution is -0.141. The third-order valence-corrected chi connectivity index (χ3v) is 4.15. The van der Waals surface area contributed by atoms with E-state index >= 15 is 0 Å². The molecule has 7 heteroatoms. The van der Waals surface area contributed by atoms with E-state index in [0.717, 1.165) is 0 Å². The number of hydrogen-bond acceptors (Lipinski definition) is 4. The average molecular weight is 327 g/mol. The van der Waals surface area contributed by atoms with Crippen LogP contribution in [0.4, 0.5) is 0 Å². The first-order valence-corrected chi connectivity index (χ1v) is 7.74. The molecule has 2 aromatic rings. The number of hydrogen-bond donors (Lipinski definition) is 2. The third-order valence-electron chi connectivity index (χ3n) is 4.15. The number of carboxylic acids is 1. The van der Waals surface area contributed by atoms with Crippen LogP contribution >= 0.6 is 0 Å². The van der Waals surface area contributed by atoms with Gasteiger partial charge in [-0.05, 0) is 37.5 Å². The van der Waals surface area contributed by atoms with Gasteiger partial charge in [-0.3, -0.25) is 14.4 Å². The van der Waals surface area contributed by atoms with Crippen LogP contribution in [0.5, 0.6) is 0 Å². The van der Waals surface area contributed by atoms with Gasteiger partial charge in [0.05, 0.1) is 11.6 Å². The summed E-state index contributed by atoms with van der Waals surface area (Å²) in [6.07, 6.45) is 1.59. The molecule has 3 rings (SSSR count). The number of aliphatic carboxylic acids is 1. The Hall–Kier alpha value is -2.96. The summed E-state index contributed by atoms with van der Waals surface area (Å²) in [7, 11) is 0. The van der Waals surface area contributed by atoms with Gasteiger partial charge in [-0.1, -0.05) is 18.2 Å². The molecular formula is C17H17N3O4. The van der Waals surface area contributed by atoms with Gasteiger partial charge in [-0.25, -0.2) is 0 Å². The zero-order valence-electron chi connectivity index (χ0n) is 12.9. The number of carbonyl (C=O) groups excluding carboxylic acids is 1. The molecule has 0 bridgehead atoms. The van der Waals surface area contributed by atoms with Gasteiger partial charge in [-0.2, -0.15) is 9.78 Å². The molecule has 1 aromatic carbocycles. The van der Waals surface area contributed by atoms with Crippen LogP contribution in [0.3, 0.4) is 0 Å². The Bertz CT molecular complexity index is 816. The maximum absolute atomic E-state index is 12.3. The second kappa shape index (κ2) is 6.66. The zero-order chi connectivity index (χ0) is 17.1. The molecule has 2 N–H and O–H groups in total. The van der Waals surface area contributed by atoms with E-state index in [0.29, 0.717) is 24.9 Å². The highest BCUT2D eigenvalue weighted by Gasteiger charge is 2.30. The average Bonchev–Trinajstić information content (AvgIpc) is 3.05. The first-order chi connectivity index (χ1) is 11.5. The molecule has 1 heterocycles. The SMILES string of the molecule is O=C(N[C@H]1CC[C@@H](C(=O)O)C1)c1ccc(=O)n(-c2ccccc2)n1. The number of benzene rings is 1. The predicted octanol–water partition coefficient (Wildman–Crippen LogP) is 1.22. The molecule has 1 aliphatic carbocycles. The molecule has 0 radical (unpaired) electrons. The van der Waals surface area contributed by atoms with E-state index in [1.165, 1.54) is 16.8 Å². The minimum Gasteiger partial charge on any atom is -0.481 e. The Labute approximate surface area is 137 Å². The molecule has 0 unspecified atom stereocenters. The molecule has 2 atom stereocenters. The molecule has 1 aromatic heterocycles. The van der Waals surface area contributed by atoms with Gasteiger partial charge in [0.25, 0.3) is 11.5 Å². The maximum Gasteiger partial charge on any atom is 0.306 e. The van der Waals surface area contributed by atoms with E-state index in [1.54, 1.807) is 24.3 Å². The highest BCUT2D eigenvalue weighted by atomic mass is 16.4. The molecule has 7 nitrogen and oxygen atoms in total. The summed E-state index contributed by atoms with van der Waals surface area (Å²) in [6, 6.07) is 11.3. The number of nitrogens with zero attached hydrogens (tertiary/aromatic N) is 2. The molecule has 124 valence electrons. The van der Waals surface area contributed by atoms with Crippen molar-refractivity contribution in [3.8, 4) is 5.69 Å². The van der Waals surface area contributed by atoms with E-state index < -0.39 is 17.8 Å². The highest BCUT2D eigenvalue weighted by Crippen LogP contribution is 2.25. The van der Waals surface area contributed by atoms with Gasteiger partial charge in [-0.15, -0.1) is 0 Å². The predicted molar refractivity (Wildman–Crippen MR) is 86.1 cm³/mol. The lowest BCUT2D eigenvalue weighted by Crippen LogP contribution is -2.35. The molecule has 1 saturated carbocycles. The van der Waals surface area contributed by atoms with E-state index in [9.17, 15) is 14.4 Å². The monoisotopic (exact) mass is 327 g/mol. The Kier molecular flexibility index (Phi) is 4.41. The van der Waals surface area contributed by atoms with Gasteiger partial charge < -0.3 is 10.4 Å². The normalized spacial score (nSPS) is 19.8. The van der Waals surface area contributed by atoms with Crippen LogP contribution in [-0.4, -0.2) is 32.8 Å². The quantitative estimate of drug-likeness (QED) is 0.879. The number of nitrogens with one attached hydrogen (secondary N) is 1. The minimum atomic E-state index is -0.831. The summed E-state index contributed by atoms with van der Waals surface area (Å²) in [4.78, 5) is 35.3. The molecule has 24 heavy (non-hydrogen) atoms. The maximum atomic E-state index is 12.3. The standard InChI is InChI=1S/C17H17N3O4/c21-15-9-8-14(19-20(15)13-4-2-1-3-5-13)16(22)18-12-7-6-11(10-12)17(23)24/h1-5,8-9,11-12H,6-7,10H2,(H,18,22)(H,23,24)/t11-,12+/m1/s1. The Balaban J connectivity index is 1.77. The fourth-order valence-corrected chi connectivity index (χ4v) is 2.88. The number of carboxylic acid groups (broad SMARTS) is 1. The van der Waals surface area contributed by atoms with E-state index in [1.807, 2.05) is 6.07 Å². The van der Waals surface area contributed by atoms with Crippen LogP contribution in [0.2, 0.25) is 0 Å². The summed E-state index contributed by atoms with van der Waals surface area (Å²) in [5.74, 6) is -1.65. The van der Waals surface area contributed by atoms with Crippen molar-refractivity contribution >= 4 is 11.9 Å². The number of carbonyl (C=O) groups is 2. The van der Waals surface area contributed by atoms with Crippen molar-refractivity contribution in [2.75, 3.05) is 0 Å². The summed E-state index contributed by atoms with van der Waals surface area (Å²) < 4.78 is 1.17. The van der Waals surface area contributed by atoms with Crippen molar-refractivity contribution in [1.82, 2.24) is 15.1 Å². The first kappa shape index (κ1) is 15.9. The van der Waals surface area contributed by atoms with Crippen molar-refractivity contribution < 1.29 is 14.7 Å². The van der Waals surface area contributed by atoms with Crippen molar-refractivity contribution in [2.24, 2.45) is 5.92 Å². The van der Waals surface area contributed by atoms with Gasteiger partial charge in [0.15, 0.2) is 0 Å². The number of amides is 1. The number of aromatic nitrogens is 2. The molecule has 0 saturated heterocycles. The molecule has 1 amide bonds. The Morgan fingerprint density at radius 1 is 1.12 bits per heavy atom. The molecule has 0 aliphatic heterocycles. The number of para-hydroxylation sites is 1. The van der Waals surface area contributed by atoms with Crippen molar-refractivity contribution in [2.45, 2.75) is 25.3 Å². The van der Waals surface area contributed by atoms with Crippen LogP contribution in [0.25, 0.3) is 5.69 Å². The van der Waals surface area contributed by atoms with Gasteiger partial charge in [0.1, 0.15) is 5.69 Å². The largest absolute Gasteiger partial charge is 0.481 e. The fraction of sp³-hybridized carbons (Fsp3) is 0.294. The first-order valence-electron chi connectivity index (χ1n) is 7.74. The van der Waals surface area contributed by atoms with Crippen molar-refractivity contribution in [3.63, 3.8) is 0 Å². The van der Waals surface area contributed by atoms with E-state index in [4.69, 9.17) is 5.11 Å². The van der Waals surface area contributed by atoms with Crippen LogP contribution in [0.15, 0.2) is 47.3 Å². The fourth-order valence-electron chi connectivity index (χ4n) is 2.88. The van der Waals surface area contributed by atoms with Crippen LogP contribution in [0, 0.1) is 5.92 Å². The third kappa shape index (κ3) is 3.34. The highest BCUT2D eigenvalue weighted by molar-refractivity contribution is 5.92. The minimum absolute atomic E-state index is 0.122. The molecule has 1 aliphatic rings. The van der Waals surface area contributed by atoms with Gasteiger partial charge in [0.2, 0.25) is 0 Å². The van der Waals surface area contributed by atoms with Gasteiger partial charge >= 0.3 is 5.97 Å². The van der Waals surface area contributed by atoms with Crippen LogP contribution < -0.4 is 10.9 Å². The second-order valence-corrected chi connectivity index (χ2v) is 5.82. The van der Waals surface area contributed by atoms with Crippen LogP contribution in [-0.2, 0) is 4.79 Å². The Morgan fingerprint density at radius 2 is 1.88 bits per heavy atom. The van der Waals surface area contributed by atoms with E-state index in [-0.39, 0.29) is 17.3 Å². The lowest BCUT2D eigenvalue weighted by atomic mass is 10.1. The summed E-state index contributed by atoms with van der Waals surface area (Å²) >= 11 is 0. The molecular weight excluding hydrogens is 310 g/mol. The van der Waals surface area contributed by atoms with Gasteiger partial charge in [0, 0.05) is 12.1 Å². The van der Waals surface area contributed by atoms with Crippen molar-refractivity contribution in [3.05, 3.63) is 58.5 Å². The summed E-state index contributed by atoms with van der Waals surface area (Å²) in [6.45, 7) is 0. The summed E-state index contributed by atoms with van der Waals surface area (Å²) in [5, 5.41) is 15.9. The van der Waals surface area contributed by atoms with E-state index in [2.05, 4.69) is 10.4 Å². The second-order valence-electron chi connectivity index (χ2n) is 5.82. The van der Waals surface area contributed by atoms with Crippen molar-refractivity contribution in [1.29, 1.82) is 0 Å². The summed E-state index contributed by atoms with van der Waals surface area (Å²) in [5.41, 5.74) is 0.366. The zero-order valence-corrected chi connectivity index (χ0v) is 12.9. The molecule has 0 spiro atoms. The Morgan fingerprint density at radius 3 is 2.54 bits per heavy atom.